The van der Waals surface area contributed by atoms with E-state index in [2.05, 4.69) is 20.3 Å². The SMILES string of the molecule is CN=Cc1ccnc(C(=O)Nc2cc(-c3cncs3)ccc2N)c1. The number of nitrogen functional groups attached to an aromatic ring is 1. The van der Waals surface area contributed by atoms with Gasteiger partial charge in [-0.3, -0.25) is 19.8 Å². The molecular weight excluding hydrogens is 322 g/mol. The van der Waals surface area contributed by atoms with Crippen LogP contribution < -0.4 is 11.1 Å². The smallest absolute Gasteiger partial charge is 0.274 e. The number of carbonyl (C=O) groups excluding carboxylic acids is 1. The third kappa shape index (κ3) is 3.47. The summed E-state index contributed by atoms with van der Waals surface area (Å²) in [6, 6.07) is 8.94. The number of anilines is 2. The highest BCUT2D eigenvalue weighted by molar-refractivity contribution is 7.13. The lowest BCUT2D eigenvalue weighted by atomic mass is 10.1. The van der Waals surface area contributed by atoms with E-state index in [0.717, 1.165) is 16.0 Å². The highest BCUT2D eigenvalue weighted by Crippen LogP contribution is 2.29. The Kier molecular flexibility index (Phi) is 4.62. The third-order valence-corrected chi connectivity index (χ3v) is 4.14. The molecule has 2 heterocycles. The summed E-state index contributed by atoms with van der Waals surface area (Å²) in [7, 11) is 1.67. The Labute approximate surface area is 143 Å². The topological polar surface area (TPSA) is 93.3 Å². The number of pyridine rings is 1. The molecule has 0 saturated heterocycles. The number of aliphatic imine (C=N–C) groups is 1. The first kappa shape index (κ1) is 15.8. The lowest BCUT2D eigenvalue weighted by molar-refractivity contribution is 0.102. The molecule has 24 heavy (non-hydrogen) atoms. The van der Waals surface area contributed by atoms with E-state index in [1.807, 2.05) is 12.1 Å². The van der Waals surface area contributed by atoms with E-state index < -0.39 is 0 Å². The van der Waals surface area contributed by atoms with Crippen molar-refractivity contribution in [2.45, 2.75) is 0 Å². The number of hydrogen-bond acceptors (Lipinski definition) is 6. The predicted octanol–water partition coefficient (Wildman–Crippen LogP) is 3.09. The van der Waals surface area contributed by atoms with Crippen LogP contribution in [-0.2, 0) is 0 Å². The molecule has 1 amide bonds. The van der Waals surface area contributed by atoms with Crippen molar-refractivity contribution in [1.29, 1.82) is 0 Å². The molecule has 0 aliphatic rings. The zero-order valence-corrected chi connectivity index (χ0v) is 13.7. The van der Waals surface area contributed by atoms with Gasteiger partial charge in [-0.25, -0.2) is 0 Å². The second-order valence-corrected chi connectivity index (χ2v) is 5.87. The number of benzene rings is 1. The molecule has 0 aliphatic carbocycles. The van der Waals surface area contributed by atoms with Gasteiger partial charge in [-0.05, 0) is 35.4 Å². The second kappa shape index (κ2) is 7.01. The average Bonchev–Trinajstić information content (AvgIpc) is 3.12. The van der Waals surface area contributed by atoms with Crippen molar-refractivity contribution < 1.29 is 4.79 Å². The second-order valence-electron chi connectivity index (χ2n) is 4.98. The Morgan fingerprint density at radius 3 is 2.96 bits per heavy atom. The number of nitrogens with two attached hydrogens (primary N) is 1. The number of nitrogens with zero attached hydrogens (tertiary/aromatic N) is 3. The Morgan fingerprint density at radius 1 is 1.33 bits per heavy atom. The summed E-state index contributed by atoms with van der Waals surface area (Å²) in [5.74, 6) is -0.325. The molecule has 0 fully saturated rings. The molecule has 1 aromatic carbocycles. The normalized spacial score (nSPS) is 10.9. The lowest BCUT2D eigenvalue weighted by Gasteiger charge is -2.10. The highest BCUT2D eigenvalue weighted by atomic mass is 32.1. The van der Waals surface area contributed by atoms with Crippen LogP contribution >= 0.6 is 11.3 Å². The zero-order valence-electron chi connectivity index (χ0n) is 12.9. The molecule has 6 nitrogen and oxygen atoms in total. The van der Waals surface area contributed by atoms with Crippen LogP contribution in [0.3, 0.4) is 0 Å². The quantitative estimate of drug-likeness (QED) is 0.565. The Balaban J connectivity index is 1.86. The number of aromatic nitrogens is 2. The Morgan fingerprint density at radius 2 is 2.21 bits per heavy atom. The summed E-state index contributed by atoms with van der Waals surface area (Å²) >= 11 is 1.52. The number of hydrogen-bond donors (Lipinski definition) is 2. The van der Waals surface area contributed by atoms with Crippen LogP contribution in [-0.4, -0.2) is 29.1 Å². The summed E-state index contributed by atoms with van der Waals surface area (Å²) in [5.41, 5.74) is 10.8. The summed E-state index contributed by atoms with van der Waals surface area (Å²) in [5, 5.41) is 2.81. The van der Waals surface area contributed by atoms with Gasteiger partial charge in [-0.15, -0.1) is 11.3 Å². The van der Waals surface area contributed by atoms with E-state index in [1.165, 1.54) is 11.3 Å². The maximum absolute atomic E-state index is 12.4. The monoisotopic (exact) mass is 337 g/mol. The molecule has 0 unspecified atom stereocenters. The average molecular weight is 337 g/mol. The number of thiazole rings is 1. The maximum atomic E-state index is 12.4. The van der Waals surface area contributed by atoms with Gasteiger partial charge in [-0.1, -0.05) is 6.07 Å². The largest absolute Gasteiger partial charge is 0.397 e. The number of carbonyl (C=O) groups is 1. The minimum absolute atomic E-state index is 0.301. The predicted molar refractivity (Wildman–Crippen MR) is 97.7 cm³/mol. The molecule has 0 aliphatic heterocycles. The van der Waals surface area contributed by atoms with Crippen LogP contribution in [0.2, 0.25) is 0 Å². The third-order valence-electron chi connectivity index (χ3n) is 3.31. The Bertz CT molecular complexity index is 890. The summed E-state index contributed by atoms with van der Waals surface area (Å²) in [6.45, 7) is 0. The van der Waals surface area contributed by atoms with Crippen LogP contribution in [0.5, 0.6) is 0 Å². The van der Waals surface area contributed by atoms with E-state index in [-0.39, 0.29) is 5.91 Å². The zero-order chi connectivity index (χ0) is 16.9. The molecule has 0 bridgehead atoms. The van der Waals surface area contributed by atoms with Gasteiger partial charge in [-0.2, -0.15) is 0 Å². The first-order chi connectivity index (χ1) is 11.7. The molecule has 120 valence electrons. The molecule has 2 aromatic heterocycles. The van der Waals surface area contributed by atoms with Gasteiger partial charge in [0.05, 0.1) is 21.8 Å². The number of amides is 1. The van der Waals surface area contributed by atoms with Crippen molar-refractivity contribution >= 4 is 34.8 Å². The van der Waals surface area contributed by atoms with E-state index in [1.54, 1.807) is 49.4 Å². The van der Waals surface area contributed by atoms with Crippen LogP contribution in [0.15, 0.2) is 53.2 Å². The summed E-state index contributed by atoms with van der Waals surface area (Å²) < 4.78 is 0. The minimum atomic E-state index is -0.325. The van der Waals surface area contributed by atoms with Gasteiger partial charge in [0.25, 0.3) is 5.91 Å². The number of nitrogens with one attached hydrogen (secondary N) is 1. The van der Waals surface area contributed by atoms with Gasteiger partial charge in [0.15, 0.2) is 0 Å². The fraction of sp³-hybridized carbons (Fsp3) is 0.0588. The molecule has 0 radical (unpaired) electrons. The van der Waals surface area contributed by atoms with E-state index >= 15 is 0 Å². The van der Waals surface area contributed by atoms with Crippen molar-refractivity contribution in [3.8, 4) is 10.4 Å². The van der Waals surface area contributed by atoms with E-state index in [4.69, 9.17) is 5.73 Å². The van der Waals surface area contributed by atoms with Crippen molar-refractivity contribution in [3.63, 3.8) is 0 Å². The van der Waals surface area contributed by atoms with Gasteiger partial charge in [0.1, 0.15) is 5.69 Å². The van der Waals surface area contributed by atoms with Gasteiger partial charge < -0.3 is 11.1 Å². The minimum Gasteiger partial charge on any atom is -0.397 e. The molecule has 7 heteroatoms. The molecule has 0 saturated carbocycles. The maximum Gasteiger partial charge on any atom is 0.274 e. The molecule has 0 atom stereocenters. The fourth-order valence-electron chi connectivity index (χ4n) is 2.16. The van der Waals surface area contributed by atoms with Crippen molar-refractivity contribution in [3.05, 3.63) is 59.5 Å². The van der Waals surface area contributed by atoms with Crippen LogP contribution in [0.25, 0.3) is 10.4 Å². The van der Waals surface area contributed by atoms with Crippen LogP contribution in [0, 0.1) is 0 Å². The Hall–Kier alpha value is -3.06. The van der Waals surface area contributed by atoms with Gasteiger partial charge in [0, 0.05) is 25.7 Å². The van der Waals surface area contributed by atoms with Gasteiger partial charge >= 0.3 is 0 Å². The fourth-order valence-corrected chi connectivity index (χ4v) is 2.78. The molecule has 3 N–H and O–H groups in total. The molecule has 0 spiro atoms. The van der Waals surface area contributed by atoms with Gasteiger partial charge in [0.2, 0.25) is 0 Å². The van der Waals surface area contributed by atoms with Crippen molar-refractivity contribution in [2.75, 3.05) is 18.1 Å². The first-order valence-corrected chi connectivity index (χ1v) is 8.03. The summed E-state index contributed by atoms with van der Waals surface area (Å²) in [4.78, 5) is 25.5. The number of rotatable bonds is 4. The highest BCUT2D eigenvalue weighted by Gasteiger charge is 2.11. The lowest BCUT2D eigenvalue weighted by Crippen LogP contribution is -2.15. The van der Waals surface area contributed by atoms with Crippen molar-refractivity contribution in [2.24, 2.45) is 4.99 Å². The van der Waals surface area contributed by atoms with Crippen LogP contribution in [0.1, 0.15) is 16.1 Å². The van der Waals surface area contributed by atoms with Crippen LogP contribution in [0.4, 0.5) is 11.4 Å². The van der Waals surface area contributed by atoms with E-state index in [9.17, 15) is 4.79 Å². The standard InChI is InChI=1S/C17H15N5OS/c1-19-8-11-4-5-21-15(6-11)17(23)22-14-7-12(2-3-13(14)18)16-9-20-10-24-16/h2-10H,18H2,1H3,(H,22,23). The molecule has 3 aromatic rings. The summed E-state index contributed by atoms with van der Waals surface area (Å²) in [6.07, 6.45) is 5.01. The van der Waals surface area contributed by atoms with Crippen molar-refractivity contribution in [1.82, 2.24) is 9.97 Å². The molecular formula is C17H15N5OS. The first-order valence-electron chi connectivity index (χ1n) is 7.15. The molecule has 3 rings (SSSR count). The van der Waals surface area contributed by atoms with E-state index in [0.29, 0.717) is 17.1 Å².